The van der Waals surface area contributed by atoms with Gasteiger partial charge < -0.3 is 14.8 Å². The fraction of sp³-hybridized carbons (Fsp3) is 0.143. The van der Waals surface area contributed by atoms with Gasteiger partial charge in [0.2, 0.25) is 0 Å². The van der Waals surface area contributed by atoms with E-state index in [1.165, 1.54) is 24.3 Å². The normalized spacial score (nSPS) is 15.0. The van der Waals surface area contributed by atoms with Crippen molar-refractivity contribution < 1.29 is 27.0 Å². The van der Waals surface area contributed by atoms with Crippen LogP contribution in [0.1, 0.15) is 5.56 Å². The van der Waals surface area contributed by atoms with E-state index in [2.05, 4.69) is 14.8 Å². The average Bonchev–Trinajstić information content (AvgIpc) is 2.71. The molecule has 7 heteroatoms. The second kappa shape index (κ2) is 4.83. The zero-order chi connectivity index (χ0) is 15.0. The highest BCUT2D eigenvalue weighted by atomic mass is 19.3. The number of fused-ring (bicyclic) bond motifs is 1. The first-order chi connectivity index (χ1) is 9.94. The maximum Gasteiger partial charge on any atom is 0.586 e. The number of anilines is 1. The van der Waals surface area contributed by atoms with Crippen molar-refractivity contribution in [3.05, 3.63) is 53.6 Å². The summed E-state index contributed by atoms with van der Waals surface area (Å²) in [5.74, 6) is -1.61. The number of hydrogen-bond donors (Lipinski definition) is 1. The van der Waals surface area contributed by atoms with E-state index < -0.39 is 17.9 Å². The predicted molar refractivity (Wildman–Crippen MR) is 66.3 cm³/mol. The van der Waals surface area contributed by atoms with Gasteiger partial charge in [-0.2, -0.15) is 0 Å². The predicted octanol–water partition coefficient (Wildman–Crippen LogP) is 3.90. The zero-order valence-electron chi connectivity index (χ0n) is 10.5. The summed E-state index contributed by atoms with van der Waals surface area (Å²) in [6, 6.07) is 7.55. The molecule has 0 aromatic heterocycles. The Morgan fingerprint density at radius 2 is 1.62 bits per heavy atom. The average molecular weight is 299 g/mol. The molecule has 1 aliphatic heterocycles. The minimum atomic E-state index is -3.70. The van der Waals surface area contributed by atoms with Crippen LogP contribution >= 0.6 is 0 Å². The lowest BCUT2D eigenvalue weighted by Crippen LogP contribution is -2.25. The third-order valence-electron chi connectivity index (χ3n) is 2.93. The topological polar surface area (TPSA) is 30.5 Å². The standard InChI is InChI=1S/C14H9F4NO2/c15-10-2-1-3-11(16)9(10)7-19-8-4-5-12-13(6-8)21-14(17,18)20-12/h1-6,19H,7H2. The lowest BCUT2D eigenvalue weighted by atomic mass is 10.2. The van der Waals surface area contributed by atoms with E-state index in [0.29, 0.717) is 5.69 Å². The molecule has 0 saturated heterocycles. The molecule has 0 spiro atoms. The van der Waals surface area contributed by atoms with Gasteiger partial charge in [-0.15, -0.1) is 8.78 Å². The third kappa shape index (κ3) is 2.72. The van der Waals surface area contributed by atoms with Gasteiger partial charge in [0, 0.05) is 23.9 Å². The fourth-order valence-electron chi connectivity index (χ4n) is 1.95. The first-order valence-electron chi connectivity index (χ1n) is 6.01. The summed E-state index contributed by atoms with van der Waals surface area (Å²) in [5, 5.41) is 2.74. The molecule has 1 aliphatic rings. The largest absolute Gasteiger partial charge is 0.586 e. The summed E-state index contributed by atoms with van der Waals surface area (Å²) >= 11 is 0. The van der Waals surface area contributed by atoms with E-state index in [9.17, 15) is 17.6 Å². The van der Waals surface area contributed by atoms with Gasteiger partial charge in [-0.3, -0.25) is 0 Å². The number of nitrogens with one attached hydrogen (secondary N) is 1. The number of halogens is 4. The summed E-state index contributed by atoms with van der Waals surface area (Å²) in [6.45, 7) is -0.130. The lowest BCUT2D eigenvalue weighted by molar-refractivity contribution is -0.286. The van der Waals surface area contributed by atoms with Gasteiger partial charge in [-0.05, 0) is 24.3 Å². The molecular formula is C14H9F4NO2. The van der Waals surface area contributed by atoms with Gasteiger partial charge in [0.05, 0.1) is 0 Å². The molecule has 0 saturated carbocycles. The fourth-order valence-corrected chi connectivity index (χ4v) is 1.95. The highest BCUT2D eigenvalue weighted by Gasteiger charge is 2.43. The van der Waals surface area contributed by atoms with E-state index in [-0.39, 0.29) is 23.6 Å². The number of ether oxygens (including phenoxy) is 2. The molecule has 0 aliphatic carbocycles. The van der Waals surface area contributed by atoms with Crippen LogP contribution in [0.3, 0.4) is 0 Å². The van der Waals surface area contributed by atoms with Crippen LogP contribution in [0, 0.1) is 11.6 Å². The van der Waals surface area contributed by atoms with Gasteiger partial charge in [-0.25, -0.2) is 8.78 Å². The van der Waals surface area contributed by atoms with E-state index >= 15 is 0 Å². The summed E-state index contributed by atoms with van der Waals surface area (Å²) in [7, 11) is 0. The van der Waals surface area contributed by atoms with Crippen molar-refractivity contribution in [3.8, 4) is 11.5 Å². The molecule has 1 N–H and O–H groups in total. The van der Waals surface area contributed by atoms with E-state index in [1.54, 1.807) is 0 Å². The maximum atomic E-state index is 13.5. The Balaban J connectivity index is 1.76. The third-order valence-corrected chi connectivity index (χ3v) is 2.93. The summed E-state index contributed by atoms with van der Waals surface area (Å²) in [4.78, 5) is 0. The molecule has 3 nitrogen and oxygen atoms in total. The number of benzene rings is 2. The van der Waals surface area contributed by atoms with Crippen LogP contribution in [0.25, 0.3) is 0 Å². The molecule has 3 rings (SSSR count). The van der Waals surface area contributed by atoms with Crippen LogP contribution in [-0.4, -0.2) is 6.29 Å². The monoisotopic (exact) mass is 299 g/mol. The SMILES string of the molecule is Fc1cccc(F)c1CNc1ccc2c(c1)OC(F)(F)O2. The van der Waals surface area contributed by atoms with Crippen molar-refractivity contribution >= 4 is 5.69 Å². The highest BCUT2D eigenvalue weighted by molar-refractivity contribution is 5.56. The molecule has 21 heavy (non-hydrogen) atoms. The first-order valence-corrected chi connectivity index (χ1v) is 6.01. The van der Waals surface area contributed by atoms with Crippen LogP contribution in [-0.2, 0) is 6.54 Å². The molecule has 0 amide bonds. The second-order valence-corrected chi connectivity index (χ2v) is 4.38. The Morgan fingerprint density at radius 1 is 0.952 bits per heavy atom. The minimum absolute atomic E-state index is 0.0948. The van der Waals surface area contributed by atoms with E-state index in [4.69, 9.17) is 0 Å². The van der Waals surface area contributed by atoms with Crippen molar-refractivity contribution in [1.82, 2.24) is 0 Å². The molecule has 0 bridgehead atoms. The molecule has 1 heterocycles. The first kappa shape index (κ1) is 13.5. The van der Waals surface area contributed by atoms with Crippen molar-refractivity contribution in [1.29, 1.82) is 0 Å². The van der Waals surface area contributed by atoms with Gasteiger partial charge in [-0.1, -0.05) is 6.07 Å². The molecule has 2 aromatic carbocycles. The Morgan fingerprint density at radius 3 is 2.33 bits per heavy atom. The quantitative estimate of drug-likeness (QED) is 0.872. The van der Waals surface area contributed by atoms with Crippen LogP contribution in [0.4, 0.5) is 23.2 Å². The smallest absolute Gasteiger partial charge is 0.395 e. The van der Waals surface area contributed by atoms with Crippen molar-refractivity contribution in [3.63, 3.8) is 0 Å². The van der Waals surface area contributed by atoms with E-state index in [1.807, 2.05) is 0 Å². The Hall–Kier alpha value is -2.44. The van der Waals surface area contributed by atoms with Crippen molar-refractivity contribution in [2.75, 3.05) is 5.32 Å². The Labute approximate surface area is 117 Å². The molecule has 0 atom stereocenters. The summed E-state index contributed by atoms with van der Waals surface area (Å²) < 4.78 is 61.2. The molecule has 2 aromatic rings. The highest BCUT2D eigenvalue weighted by Crippen LogP contribution is 2.42. The number of hydrogen-bond acceptors (Lipinski definition) is 3. The zero-order valence-corrected chi connectivity index (χ0v) is 10.5. The molecular weight excluding hydrogens is 290 g/mol. The Bertz CT molecular complexity index is 670. The van der Waals surface area contributed by atoms with Crippen LogP contribution < -0.4 is 14.8 Å². The van der Waals surface area contributed by atoms with Crippen LogP contribution in [0.2, 0.25) is 0 Å². The summed E-state index contributed by atoms with van der Waals surface area (Å²) in [5.41, 5.74) is 0.234. The lowest BCUT2D eigenvalue weighted by Gasteiger charge is -2.09. The van der Waals surface area contributed by atoms with Gasteiger partial charge >= 0.3 is 6.29 Å². The number of rotatable bonds is 3. The molecule has 0 unspecified atom stereocenters. The van der Waals surface area contributed by atoms with Gasteiger partial charge in [0.25, 0.3) is 0 Å². The number of alkyl halides is 2. The van der Waals surface area contributed by atoms with Gasteiger partial charge in [0.15, 0.2) is 11.5 Å². The molecule has 0 fully saturated rings. The minimum Gasteiger partial charge on any atom is -0.395 e. The maximum absolute atomic E-state index is 13.5. The summed E-state index contributed by atoms with van der Waals surface area (Å²) in [6.07, 6.45) is -3.70. The second-order valence-electron chi connectivity index (χ2n) is 4.38. The van der Waals surface area contributed by atoms with Crippen molar-refractivity contribution in [2.24, 2.45) is 0 Å². The van der Waals surface area contributed by atoms with Crippen molar-refractivity contribution in [2.45, 2.75) is 12.8 Å². The van der Waals surface area contributed by atoms with E-state index in [0.717, 1.165) is 12.1 Å². The molecule has 0 radical (unpaired) electrons. The van der Waals surface area contributed by atoms with Gasteiger partial charge in [0.1, 0.15) is 11.6 Å². The van der Waals surface area contributed by atoms with Crippen LogP contribution in [0.15, 0.2) is 36.4 Å². The Kier molecular flexibility index (Phi) is 3.12. The molecule has 110 valence electrons. The van der Waals surface area contributed by atoms with Crippen LogP contribution in [0.5, 0.6) is 11.5 Å².